The zero-order chi connectivity index (χ0) is 22.2. The van der Waals surface area contributed by atoms with E-state index in [2.05, 4.69) is 53.4 Å². The van der Waals surface area contributed by atoms with Crippen molar-refractivity contribution in [3.05, 3.63) is 66.2 Å². The van der Waals surface area contributed by atoms with E-state index in [1.54, 1.807) is 18.2 Å². The summed E-state index contributed by atoms with van der Waals surface area (Å²) in [4.78, 5) is 16.0. The molecule has 31 heavy (non-hydrogen) atoms. The molecule has 3 aromatic rings. The van der Waals surface area contributed by atoms with Gasteiger partial charge < -0.3 is 25.1 Å². The standard InChI is InChI=1S/C24H32N6O/c1-5-30(15-14-29(4)18-19-10-7-6-8-11-19)24-26-22(17-23(27-24)28(2)3)25-20-12-9-13-21(31)16-20/h6-13,16-17,31H,5,14-15,18H2,1-4H3,(H,25,26,27). The number of likely N-dealkylation sites (N-methyl/N-ethyl adjacent to an activating group) is 2. The molecule has 2 N–H and O–H groups in total. The first kappa shape index (κ1) is 22.4. The Labute approximate surface area is 185 Å². The average molecular weight is 421 g/mol. The quantitative estimate of drug-likeness (QED) is 0.515. The predicted octanol–water partition coefficient (Wildman–Crippen LogP) is 3.95. The zero-order valence-corrected chi connectivity index (χ0v) is 18.8. The molecule has 164 valence electrons. The Bertz CT molecular complexity index is 963. The highest BCUT2D eigenvalue weighted by molar-refractivity contribution is 5.62. The number of phenolic OH excluding ortho intramolecular Hbond substituents is 1. The van der Waals surface area contributed by atoms with Crippen molar-refractivity contribution in [3.63, 3.8) is 0 Å². The maximum absolute atomic E-state index is 9.75. The van der Waals surface area contributed by atoms with Gasteiger partial charge in [0.15, 0.2) is 0 Å². The van der Waals surface area contributed by atoms with Crippen molar-refractivity contribution >= 4 is 23.3 Å². The van der Waals surface area contributed by atoms with Crippen LogP contribution in [0.15, 0.2) is 60.7 Å². The predicted molar refractivity (Wildman–Crippen MR) is 128 cm³/mol. The van der Waals surface area contributed by atoms with Gasteiger partial charge in [0.05, 0.1) is 0 Å². The van der Waals surface area contributed by atoms with E-state index >= 15 is 0 Å². The number of benzene rings is 2. The monoisotopic (exact) mass is 420 g/mol. The summed E-state index contributed by atoms with van der Waals surface area (Å²) in [5, 5.41) is 13.0. The van der Waals surface area contributed by atoms with Crippen molar-refractivity contribution in [3.8, 4) is 5.75 Å². The van der Waals surface area contributed by atoms with Crippen LogP contribution in [0.3, 0.4) is 0 Å². The van der Waals surface area contributed by atoms with E-state index in [-0.39, 0.29) is 5.75 Å². The SMILES string of the molecule is CCN(CCN(C)Cc1ccccc1)c1nc(Nc2cccc(O)c2)cc(N(C)C)n1. The number of phenols is 1. The lowest BCUT2D eigenvalue weighted by atomic mass is 10.2. The van der Waals surface area contributed by atoms with Gasteiger partial charge in [-0.05, 0) is 31.7 Å². The number of nitrogens with one attached hydrogen (secondary N) is 1. The minimum absolute atomic E-state index is 0.212. The summed E-state index contributed by atoms with van der Waals surface area (Å²) < 4.78 is 0. The van der Waals surface area contributed by atoms with Crippen LogP contribution < -0.4 is 15.1 Å². The summed E-state index contributed by atoms with van der Waals surface area (Å²) >= 11 is 0. The highest BCUT2D eigenvalue weighted by Crippen LogP contribution is 2.24. The number of hydrogen-bond donors (Lipinski definition) is 2. The van der Waals surface area contributed by atoms with Gasteiger partial charge in [0, 0.05) is 58.1 Å². The van der Waals surface area contributed by atoms with Crippen molar-refractivity contribution in [2.45, 2.75) is 13.5 Å². The Kier molecular flexibility index (Phi) is 7.67. The molecule has 0 aliphatic heterocycles. The third-order valence-electron chi connectivity index (χ3n) is 4.99. The highest BCUT2D eigenvalue weighted by Gasteiger charge is 2.14. The van der Waals surface area contributed by atoms with Crippen LogP contribution in [-0.4, -0.2) is 60.8 Å². The summed E-state index contributed by atoms with van der Waals surface area (Å²) in [5.41, 5.74) is 2.08. The van der Waals surface area contributed by atoms with Crippen molar-refractivity contribution in [1.29, 1.82) is 0 Å². The smallest absolute Gasteiger partial charge is 0.229 e. The average Bonchev–Trinajstić information content (AvgIpc) is 2.75. The lowest BCUT2D eigenvalue weighted by molar-refractivity contribution is 0.332. The van der Waals surface area contributed by atoms with Gasteiger partial charge in [-0.2, -0.15) is 9.97 Å². The molecule has 0 aliphatic rings. The molecule has 1 heterocycles. The zero-order valence-electron chi connectivity index (χ0n) is 18.8. The minimum atomic E-state index is 0.212. The van der Waals surface area contributed by atoms with Gasteiger partial charge >= 0.3 is 0 Å². The Morgan fingerprint density at radius 1 is 0.903 bits per heavy atom. The van der Waals surface area contributed by atoms with Crippen LogP contribution in [0.25, 0.3) is 0 Å². The van der Waals surface area contributed by atoms with Gasteiger partial charge in [0.1, 0.15) is 17.4 Å². The lowest BCUT2D eigenvalue weighted by Crippen LogP contribution is -2.34. The molecule has 3 rings (SSSR count). The van der Waals surface area contributed by atoms with Crippen molar-refractivity contribution in [1.82, 2.24) is 14.9 Å². The highest BCUT2D eigenvalue weighted by atomic mass is 16.3. The first-order valence-electron chi connectivity index (χ1n) is 10.5. The summed E-state index contributed by atoms with van der Waals surface area (Å²) in [6.45, 7) is 5.55. The van der Waals surface area contributed by atoms with Gasteiger partial charge in [0.2, 0.25) is 5.95 Å². The van der Waals surface area contributed by atoms with Crippen LogP contribution in [-0.2, 0) is 6.54 Å². The lowest BCUT2D eigenvalue weighted by Gasteiger charge is -2.26. The molecule has 0 radical (unpaired) electrons. The fraction of sp³-hybridized carbons (Fsp3) is 0.333. The first-order chi connectivity index (χ1) is 14.9. The third kappa shape index (κ3) is 6.58. The Hall–Kier alpha value is -3.32. The van der Waals surface area contributed by atoms with Gasteiger partial charge in [0.25, 0.3) is 0 Å². The Morgan fingerprint density at radius 3 is 2.35 bits per heavy atom. The van der Waals surface area contributed by atoms with Gasteiger partial charge in [-0.3, -0.25) is 0 Å². The van der Waals surface area contributed by atoms with E-state index in [9.17, 15) is 5.11 Å². The molecule has 0 bridgehead atoms. The van der Waals surface area contributed by atoms with E-state index in [1.807, 2.05) is 37.2 Å². The molecule has 0 saturated heterocycles. The van der Waals surface area contributed by atoms with Gasteiger partial charge in [-0.15, -0.1) is 0 Å². The third-order valence-corrected chi connectivity index (χ3v) is 4.99. The van der Waals surface area contributed by atoms with E-state index in [0.717, 1.165) is 37.7 Å². The van der Waals surface area contributed by atoms with Crippen LogP contribution in [0, 0.1) is 0 Å². The van der Waals surface area contributed by atoms with E-state index < -0.39 is 0 Å². The second kappa shape index (κ2) is 10.6. The molecule has 0 fully saturated rings. The molecule has 0 unspecified atom stereocenters. The molecular formula is C24H32N6O. The Balaban J connectivity index is 1.74. The molecule has 0 spiro atoms. The van der Waals surface area contributed by atoms with Crippen LogP contribution in [0.5, 0.6) is 5.75 Å². The molecule has 1 aromatic heterocycles. The molecule has 0 saturated carbocycles. The number of aromatic hydroxyl groups is 1. The van der Waals surface area contributed by atoms with E-state index in [4.69, 9.17) is 9.97 Å². The van der Waals surface area contributed by atoms with Crippen molar-refractivity contribution in [2.75, 3.05) is 55.9 Å². The first-order valence-corrected chi connectivity index (χ1v) is 10.5. The molecule has 0 aliphatic carbocycles. The number of anilines is 4. The van der Waals surface area contributed by atoms with E-state index in [0.29, 0.717) is 11.8 Å². The summed E-state index contributed by atoms with van der Waals surface area (Å²) in [6.07, 6.45) is 0. The van der Waals surface area contributed by atoms with Gasteiger partial charge in [-0.1, -0.05) is 36.4 Å². The van der Waals surface area contributed by atoms with Crippen molar-refractivity contribution < 1.29 is 5.11 Å². The largest absolute Gasteiger partial charge is 0.508 e. The summed E-state index contributed by atoms with van der Waals surface area (Å²) in [6, 6.07) is 19.4. The maximum Gasteiger partial charge on any atom is 0.229 e. The molecule has 7 heteroatoms. The number of hydrogen-bond acceptors (Lipinski definition) is 7. The van der Waals surface area contributed by atoms with Crippen LogP contribution in [0.4, 0.5) is 23.3 Å². The minimum Gasteiger partial charge on any atom is -0.508 e. The fourth-order valence-corrected chi connectivity index (χ4v) is 3.25. The number of rotatable bonds is 10. The van der Waals surface area contributed by atoms with Crippen LogP contribution in [0.2, 0.25) is 0 Å². The fourth-order valence-electron chi connectivity index (χ4n) is 3.25. The second-order valence-electron chi connectivity index (χ2n) is 7.78. The summed E-state index contributed by atoms with van der Waals surface area (Å²) in [5.74, 6) is 2.41. The molecular weight excluding hydrogens is 388 g/mol. The topological polar surface area (TPSA) is 67.8 Å². The molecule has 0 atom stereocenters. The Morgan fingerprint density at radius 2 is 1.68 bits per heavy atom. The van der Waals surface area contributed by atoms with E-state index in [1.165, 1.54) is 5.56 Å². The molecule has 7 nitrogen and oxygen atoms in total. The van der Waals surface area contributed by atoms with Crippen LogP contribution in [0.1, 0.15) is 12.5 Å². The maximum atomic E-state index is 9.75. The number of aromatic nitrogens is 2. The van der Waals surface area contributed by atoms with Gasteiger partial charge in [-0.25, -0.2) is 0 Å². The number of nitrogens with zero attached hydrogens (tertiary/aromatic N) is 5. The van der Waals surface area contributed by atoms with Crippen molar-refractivity contribution in [2.24, 2.45) is 0 Å². The summed E-state index contributed by atoms with van der Waals surface area (Å²) in [7, 11) is 6.06. The van der Waals surface area contributed by atoms with Crippen LogP contribution >= 0.6 is 0 Å². The normalized spacial score (nSPS) is 10.9. The molecule has 2 aromatic carbocycles. The second-order valence-corrected chi connectivity index (χ2v) is 7.78. The molecule has 0 amide bonds.